The van der Waals surface area contributed by atoms with Gasteiger partial charge < -0.3 is 14.2 Å². The van der Waals surface area contributed by atoms with Crippen LogP contribution in [-0.4, -0.2) is 45.7 Å². The number of aryl methyl sites for hydroxylation is 1. The number of hydrogen-bond acceptors (Lipinski definition) is 5. The van der Waals surface area contributed by atoms with Crippen LogP contribution in [0.15, 0.2) is 30.6 Å². The van der Waals surface area contributed by atoms with Gasteiger partial charge in [0.2, 0.25) is 5.28 Å². The average Bonchev–Trinajstić information content (AvgIpc) is 3.23. The van der Waals surface area contributed by atoms with Gasteiger partial charge >= 0.3 is 0 Å². The van der Waals surface area contributed by atoms with Gasteiger partial charge in [-0.1, -0.05) is 0 Å². The van der Waals surface area contributed by atoms with Crippen LogP contribution in [0.3, 0.4) is 0 Å². The van der Waals surface area contributed by atoms with E-state index in [1.165, 1.54) is 19.0 Å². The molecule has 0 amide bonds. The van der Waals surface area contributed by atoms with Crippen molar-refractivity contribution in [2.45, 2.75) is 18.9 Å². The van der Waals surface area contributed by atoms with Gasteiger partial charge in [-0.2, -0.15) is 5.26 Å². The van der Waals surface area contributed by atoms with Crippen molar-refractivity contribution in [1.82, 2.24) is 19.4 Å². The number of halogens is 1. The summed E-state index contributed by atoms with van der Waals surface area (Å²) in [5.41, 5.74) is 2.82. The highest BCUT2D eigenvalue weighted by molar-refractivity contribution is 6.28. The summed E-state index contributed by atoms with van der Waals surface area (Å²) in [6, 6.07) is 8.63. The lowest BCUT2D eigenvalue weighted by Gasteiger charge is -2.19. The molecule has 0 bridgehead atoms. The summed E-state index contributed by atoms with van der Waals surface area (Å²) in [5, 5.41) is 10.5. The van der Waals surface area contributed by atoms with E-state index in [0.717, 1.165) is 28.8 Å². The maximum Gasteiger partial charge on any atom is 0.222 e. The standard InChI is InChI=1S/C20H20ClN5O/c1-25-7-3-4-14(25)12-27-15-5-6-16-17(11-26(2)18(16)8-15)19-13(9-22)10-23-20(21)24-19/h5-6,8,10-11,14H,3-4,7,12H2,1-2H3. The highest BCUT2D eigenvalue weighted by Crippen LogP contribution is 2.33. The maximum absolute atomic E-state index is 9.38. The van der Waals surface area contributed by atoms with Gasteiger partial charge in [0.25, 0.3) is 0 Å². The first-order valence-electron chi connectivity index (χ1n) is 8.92. The van der Waals surface area contributed by atoms with Gasteiger partial charge in [0, 0.05) is 36.3 Å². The minimum atomic E-state index is 0.127. The van der Waals surface area contributed by atoms with Crippen molar-refractivity contribution in [3.8, 4) is 23.1 Å². The zero-order valence-electron chi connectivity index (χ0n) is 15.3. The minimum absolute atomic E-state index is 0.127. The Hall–Kier alpha value is -2.62. The van der Waals surface area contributed by atoms with Gasteiger partial charge in [0.05, 0.1) is 23.0 Å². The van der Waals surface area contributed by atoms with Crippen LogP contribution in [0.5, 0.6) is 5.75 Å². The number of likely N-dealkylation sites (tertiary alicyclic amines) is 1. The Bertz CT molecular complexity index is 1040. The molecule has 1 fully saturated rings. The summed E-state index contributed by atoms with van der Waals surface area (Å²) in [6.07, 6.45) is 5.82. The molecule has 0 N–H and O–H groups in total. The van der Waals surface area contributed by atoms with E-state index in [4.69, 9.17) is 16.3 Å². The summed E-state index contributed by atoms with van der Waals surface area (Å²) in [6.45, 7) is 1.83. The van der Waals surface area contributed by atoms with E-state index in [1.807, 2.05) is 36.0 Å². The SMILES string of the molecule is CN1CCCC1COc1ccc2c(-c3nc(Cl)ncc3C#N)cn(C)c2c1. The third kappa shape index (κ3) is 3.36. The molecule has 1 aliphatic heterocycles. The van der Waals surface area contributed by atoms with E-state index >= 15 is 0 Å². The topological polar surface area (TPSA) is 67.0 Å². The summed E-state index contributed by atoms with van der Waals surface area (Å²) < 4.78 is 8.06. The molecule has 7 heteroatoms. The molecular weight excluding hydrogens is 362 g/mol. The number of fused-ring (bicyclic) bond motifs is 1. The molecule has 1 saturated heterocycles. The molecule has 1 unspecified atom stereocenters. The molecule has 2 aromatic heterocycles. The number of benzene rings is 1. The van der Waals surface area contributed by atoms with E-state index in [0.29, 0.717) is 23.9 Å². The van der Waals surface area contributed by atoms with Crippen LogP contribution < -0.4 is 4.74 Å². The van der Waals surface area contributed by atoms with E-state index in [1.54, 1.807) is 0 Å². The van der Waals surface area contributed by atoms with E-state index in [2.05, 4.69) is 28.0 Å². The third-order valence-electron chi connectivity index (χ3n) is 5.21. The maximum atomic E-state index is 9.38. The molecule has 138 valence electrons. The fourth-order valence-electron chi connectivity index (χ4n) is 3.67. The second-order valence-electron chi connectivity index (χ2n) is 6.93. The molecule has 1 aliphatic rings. The molecule has 1 aromatic carbocycles. The average molecular weight is 382 g/mol. The van der Waals surface area contributed by atoms with Crippen molar-refractivity contribution in [2.75, 3.05) is 20.2 Å². The quantitative estimate of drug-likeness (QED) is 0.645. The van der Waals surface area contributed by atoms with Gasteiger partial charge in [-0.15, -0.1) is 0 Å². The molecule has 4 rings (SSSR count). The fourth-order valence-corrected chi connectivity index (χ4v) is 3.81. The molecule has 6 nitrogen and oxygen atoms in total. The van der Waals surface area contributed by atoms with Gasteiger partial charge in [0.15, 0.2) is 0 Å². The van der Waals surface area contributed by atoms with Crippen molar-refractivity contribution < 1.29 is 4.74 Å². The van der Waals surface area contributed by atoms with Crippen molar-refractivity contribution in [3.63, 3.8) is 0 Å². The van der Waals surface area contributed by atoms with Crippen molar-refractivity contribution >= 4 is 22.5 Å². The van der Waals surface area contributed by atoms with Crippen LogP contribution in [0, 0.1) is 11.3 Å². The van der Waals surface area contributed by atoms with Crippen LogP contribution in [0.25, 0.3) is 22.2 Å². The molecule has 3 heterocycles. The number of hydrogen-bond donors (Lipinski definition) is 0. The number of likely N-dealkylation sites (N-methyl/N-ethyl adjacent to an activating group) is 1. The molecule has 0 aliphatic carbocycles. The van der Waals surface area contributed by atoms with Crippen LogP contribution in [0.4, 0.5) is 0 Å². The summed E-state index contributed by atoms with van der Waals surface area (Å²) in [7, 11) is 4.11. The Kier molecular flexibility index (Phi) is 4.73. The second-order valence-corrected chi connectivity index (χ2v) is 7.27. The number of aromatic nitrogens is 3. The lowest BCUT2D eigenvalue weighted by atomic mass is 10.1. The Morgan fingerprint density at radius 3 is 2.96 bits per heavy atom. The molecule has 27 heavy (non-hydrogen) atoms. The normalized spacial score (nSPS) is 17.3. The van der Waals surface area contributed by atoms with Crippen LogP contribution in [0.2, 0.25) is 5.28 Å². The first-order chi connectivity index (χ1) is 13.1. The lowest BCUT2D eigenvalue weighted by Crippen LogP contribution is -2.30. The summed E-state index contributed by atoms with van der Waals surface area (Å²) >= 11 is 5.96. The molecule has 1 atom stereocenters. The van der Waals surface area contributed by atoms with E-state index in [9.17, 15) is 5.26 Å². The number of ether oxygens (including phenoxy) is 1. The number of rotatable bonds is 4. The predicted molar refractivity (Wildman–Crippen MR) is 105 cm³/mol. The zero-order chi connectivity index (χ0) is 19.0. The van der Waals surface area contributed by atoms with Gasteiger partial charge in [-0.05, 0) is 50.2 Å². The smallest absolute Gasteiger partial charge is 0.222 e. The van der Waals surface area contributed by atoms with Gasteiger partial charge in [-0.25, -0.2) is 9.97 Å². The number of nitrogens with zero attached hydrogens (tertiary/aromatic N) is 5. The summed E-state index contributed by atoms with van der Waals surface area (Å²) in [5.74, 6) is 0.844. The van der Waals surface area contributed by atoms with E-state index < -0.39 is 0 Å². The number of nitriles is 1. The monoisotopic (exact) mass is 381 g/mol. The van der Waals surface area contributed by atoms with Crippen molar-refractivity contribution in [3.05, 3.63) is 41.4 Å². The highest BCUT2D eigenvalue weighted by atomic mass is 35.5. The van der Waals surface area contributed by atoms with Crippen molar-refractivity contribution in [2.24, 2.45) is 7.05 Å². The third-order valence-corrected chi connectivity index (χ3v) is 5.39. The van der Waals surface area contributed by atoms with E-state index in [-0.39, 0.29) is 5.28 Å². The summed E-state index contributed by atoms with van der Waals surface area (Å²) in [4.78, 5) is 10.5. The zero-order valence-corrected chi connectivity index (χ0v) is 16.1. The highest BCUT2D eigenvalue weighted by Gasteiger charge is 2.21. The first-order valence-corrected chi connectivity index (χ1v) is 9.29. The molecule has 0 saturated carbocycles. The minimum Gasteiger partial charge on any atom is -0.492 e. The van der Waals surface area contributed by atoms with Crippen LogP contribution >= 0.6 is 11.6 Å². The molecular formula is C20H20ClN5O. The largest absolute Gasteiger partial charge is 0.492 e. The molecule has 0 radical (unpaired) electrons. The molecule has 3 aromatic rings. The van der Waals surface area contributed by atoms with Gasteiger partial charge in [-0.3, -0.25) is 0 Å². The first kappa shape index (κ1) is 17.8. The Labute approximate surface area is 163 Å². The Morgan fingerprint density at radius 1 is 1.37 bits per heavy atom. The molecule has 0 spiro atoms. The second kappa shape index (κ2) is 7.18. The van der Waals surface area contributed by atoms with Crippen LogP contribution in [0.1, 0.15) is 18.4 Å². The Balaban J connectivity index is 1.68. The fraction of sp³-hybridized carbons (Fsp3) is 0.350. The Morgan fingerprint density at radius 2 is 2.22 bits per heavy atom. The van der Waals surface area contributed by atoms with Gasteiger partial charge in [0.1, 0.15) is 18.4 Å². The van der Waals surface area contributed by atoms with Crippen LogP contribution in [-0.2, 0) is 7.05 Å². The lowest BCUT2D eigenvalue weighted by molar-refractivity contribution is 0.198. The predicted octanol–water partition coefficient (Wildman–Crippen LogP) is 3.63. The van der Waals surface area contributed by atoms with Crippen molar-refractivity contribution in [1.29, 1.82) is 5.26 Å².